The van der Waals surface area contributed by atoms with Crippen LogP contribution in [0.1, 0.15) is 36.6 Å². The molecule has 0 atom stereocenters. The van der Waals surface area contributed by atoms with Crippen molar-refractivity contribution >= 4 is 0 Å². The summed E-state index contributed by atoms with van der Waals surface area (Å²) in [6, 6.07) is 3.72. The largest absolute Gasteiger partial charge is 0.424 e. The van der Waals surface area contributed by atoms with Crippen LogP contribution in [0.3, 0.4) is 0 Å². The molecule has 1 aliphatic carbocycles. The molecule has 6 heteroatoms. The molecule has 0 saturated heterocycles. The maximum atomic E-state index is 14.0. The van der Waals surface area contributed by atoms with Crippen LogP contribution >= 0.6 is 0 Å². The van der Waals surface area contributed by atoms with Gasteiger partial charge in [-0.2, -0.15) is 0 Å². The van der Waals surface area contributed by atoms with Gasteiger partial charge in [0.05, 0.1) is 6.54 Å². The van der Waals surface area contributed by atoms with Gasteiger partial charge in [-0.25, -0.2) is 8.78 Å². The highest BCUT2D eigenvalue weighted by Gasteiger charge is 2.40. The van der Waals surface area contributed by atoms with Crippen LogP contribution in [0.2, 0.25) is 0 Å². The van der Waals surface area contributed by atoms with Crippen LogP contribution in [0.15, 0.2) is 22.6 Å². The zero-order chi connectivity index (χ0) is 14.2. The smallest absolute Gasteiger partial charge is 0.230 e. The number of benzene rings is 1. The van der Waals surface area contributed by atoms with Crippen molar-refractivity contribution in [2.24, 2.45) is 0 Å². The normalized spacial score (nSPS) is 16.9. The summed E-state index contributed by atoms with van der Waals surface area (Å²) in [6.45, 7) is 2.09. The van der Waals surface area contributed by atoms with Crippen molar-refractivity contribution in [1.82, 2.24) is 15.5 Å². The van der Waals surface area contributed by atoms with E-state index in [0.717, 1.165) is 25.3 Å². The monoisotopic (exact) mass is 279 g/mol. The van der Waals surface area contributed by atoms with Gasteiger partial charge in [-0.05, 0) is 25.3 Å². The molecular formula is C14H15F2N3O. The van der Waals surface area contributed by atoms with Gasteiger partial charge in [0.2, 0.25) is 11.8 Å². The summed E-state index contributed by atoms with van der Waals surface area (Å²) in [5, 5.41) is 10.9. The van der Waals surface area contributed by atoms with E-state index in [4.69, 9.17) is 4.42 Å². The number of aryl methyl sites for hydroxylation is 1. The van der Waals surface area contributed by atoms with Gasteiger partial charge < -0.3 is 4.42 Å². The highest BCUT2D eigenvalue weighted by atomic mass is 19.1. The zero-order valence-electron chi connectivity index (χ0n) is 11.1. The summed E-state index contributed by atoms with van der Waals surface area (Å²) in [4.78, 5) is 0. The number of halogens is 2. The molecule has 1 aromatic heterocycles. The fourth-order valence-corrected chi connectivity index (χ4v) is 2.60. The molecule has 0 unspecified atom stereocenters. The van der Waals surface area contributed by atoms with Gasteiger partial charge in [0.25, 0.3) is 0 Å². The molecule has 2 aromatic rings. The van der Waals surface area contributed by atoms with E-state index < -0.39 is 17.2 Å². The quantitative estimate of drug-likeness (QED) is 0.935. The van der Waals surface area contributed by atoms with Crippen LogP contribution in [-0.2, 0) is 12.1 Å². The van der Waals surface area contributed by atoms with E-state index in [2.05, 4.69) is 15.5 Å². The minimum absolute atomic E-state index is 0.373. The van der Waals surface area contributed by atoms with E-state index >= 15 is 0 Å². The molecule has 1 heterocycles. The molecule has 1 aromatic carbocycles. The number of aromatic nitrogens is 2. The second kappa shape index (κ2) is 4.94. The SMILES string of the molecule is Cc1nnc(CNC2(c3ccc(F)cc3F)CCC2)o1. The standard InChI is InChI=1S/C14H15F2N3O/c1-9-18-19-13(20-9)8-17-14(5-2-6-14)11-4-3-10(15)7-12(11)16/h3-4,7,17H,2,5-6,8H2,1H3. The first kappa shape index (κ1) is 13.2. The average molecular weight is 279 g/mol. The molecule has 1 aliphatic rings. The summed E-state index contributed by atoms with van der Waals surface area (Å²) in [7, 11) is 0. The van der Waals surface area contributed by atoms with Gasteiger partial charge in [0.15, 0.2) is 0 Å². The molecule has 0 radical (unpaired) electrons. The molecule has 3 rings (SSSR count). The summed E-state index contributed by atoms with van der Waals surface area (Å²) in [5.74, 6) is -0.110. The van der Waals surface area contributed by atoms with Crippen LogP contribution in [-0.4, -0.2) is 10.2 Å². The van der Waals surface area contributed by atoms with Crippen molar-refractivity contribution < 1.29 is 13.2 Å². The van der Waals surface area contributed by atoms with Crippen LogP contribution in [0.4, 0.5) is 8.78 Å². The van der Waals surface area contributed by atoms with Crippen molar-refractivity contribution in [2.45, 2.75) is 38.3 Å². The highest BCUT2D eigenvalue weighted by molar-refractivity contribution is 5.29. The lowest BCUT2D eigenvalue weighted by Crippen LogP contribution is -2.48. The second-order valence-electron chi connectivity index (χ2n) is 5.13. The topological polar surface area (TPSA) is 51.0 Å². The van der Waals surface area contributed by atoms with Gasteiger partial charge in [0, 0.05) is 24.1 Å². The minimum atomic E-state index is -0.562. The van der Waals surface area contributed by atoms with Gasteiger partial charge >= 0.3 is 0 Å². The van der Waals surface area contributed by atoms with Crippen LogP contribution in [0.5, 0.6) is 0 Å². The van der Waals surface area contributed by atoms with Crippen LogP contribution in [0, 0.1) is 18.6 Å². The number of hydrogen-bond acceptors (Lipinski definition) is 4. The third kappa shape index (κ3) is 2.31. The molecule has 4 nitrogen and oxygen atoms in total. The Morgan fingerprint density at radius 2 is 2.10 bits per heavy atom. The Hall–Kier alpha value is -1.82. The average Bonchev–Trinajstić information content (AvgIpc) is 2.76. The first-order chi connectivity index (χ1) is 9.59. The van der Waals surface area contributed by atoms with Crippen molar-refractivity contribution in [2.75, 3.05) is 0 Å². The minimum Gasteiger partial charge on any atom is -0.424 e. The first-order valence-corrected chi connectivity index (χ1v) is 6.59. The van der Waals surface area contributed by atoms with Gasteiger partial charge in [-0.15, -0.1) is 10.2 Å². The molecule has 0 aliphatic heterocycles. The van der Waals surface area contributed by atoms with E-state index in [1.165, 1.54) is 12.1 Å². The summed E-state index contributed by atoms with van der Waals surface area (Å²) < 4.78 is 32.3. The Kier molecular flexibility index (Phi) is 3.25. The fourth-order valence-electron chi connectivity index (χ4n) is 2.60. The van der Waals surface area contributed by atoms with Crippen molar-refractivity contribution in [1.29, 1.82) is 0 Å². The zero-order valence-corrected chi connectivity index (χ0v) is 11.1. The Balaban J connectivity index is 1.80. The lowest BCUT2D eigenvalue weighted by atomic mass is 9.71. The molecule has 1 N–H and O–H groups in total. The molecule has 0 amide bonds. The Morgan fingerprint density at radius 1 is 1.30 bits per heavy atom. The van der Waals surface area contributed by atoms with Crippen LogP contribution in [0.25, 0.3) is 0 Å². The predicted molar refractivity (Wildman–Crippen MR) is 67.8 cm³/mol. The molecule has 0 spiro atoms. The second-order valence-corrected chi connectivity index (χ2v) is 5.13. The number of nitrogens with zero attached hydrogens (tertiary/aromatic N) is 2. The number of nitrogens with one attached hydrogen (secondary N) is 1. The van der Waals surface area contributed by atoms with E-state index in [-0.39, 0.29) is 0 Å². The summed E-state index contributed by atoms with van der Waals surface area (Å²) >= 11 is 0. The van der Waals surface area contributed by atoms with Crippen molar-refractivity contribution in [3.63, 3.8) is 0 Å². The summed E-state index contributed by atoms with van der Waals surface area (Å²) in [5.41, 5.74) is 0.0431. The van der Waals surface area contributed by atoms with E-state index in [0.29, 0.717) is 23.9 Å². The van der Waals surface area contributed by atoms with Crippen LogP contribution < -0.4 is 5.32 Å². The third-order valence-electron chi connectivity index (χ3n) is 3.80. The number of rotatable bonds is 4. The van der Waals surface area contributed by atoms with Gasteiger partial charge in [-0.1, -0.05) is 6.07 Å². The Morgan fingerprint density at radius 3 is 2.65 bits per heavy atom. The molecule has 106 valence electrons. The maximum Gasteiger partial charge on any atom is 0.230 e. The fraction of sp³-hybridized carbons (Fsp3) is 0.429. The van der Waals surface area contributed by atoms with E-state index in [1.54, 1.807) is 6.92 Å². The maximum absolute atomic E-state index is 14.0. The van der Waals surface area contributed by atoms with Crippen molar-refractivity contribution in [3.8, 4) is 0 Å². The van der Waals surface area contributed by atoms with E-state index in [1.807, 2.05) is 0 Å². The lowest BCUT2D eigenvalue weighted by Gasteiger charge is -2.43. The Labute approximate surface area is 115 Å². The molecule has 1 saturated carbocycles. The number of hydrogen-bond donors (Lipinski definition) is 1. The third-order valence-corrected chi connectivity index (χ3v) is 3.80. The summed E-state index contributed by atoms with van der Waals surface area (Å²) in [6.07, 6.45) is 2.62. The lowest BCUT2D eigenvalue weighted by molar-refractivity contribution is 0.171. The molecule has 0 bridgehead atoms. The van der Waals surface area contributed by atoms with Gasteiger partial charge in [0.1, 0.15) is 11.6 Å². The molecule has 1 fully saturated rings. The highest BCUT2D eigenvalue weighted by Crippen LogP contribution is 2.42. The first-order valence-electron chi connectivity index (χ1n) is 6.59. The Bertz CT molecular complexity index is 623. The van der Waals surface area contributed by atoms with Crippen molar-refractivity contribution in [3.05, 3.63) is 47.2 Å². The van der Waals surface area contributed by atoms with E-state index in [9.17, 15) is 8.78 Å². The predicted octanol–water partition coefficient (Wildman–Crippen LogP) is 2.83. The molecular weight excluding hydrogens is 264 g/mol. The molecule has 20 heavy (non-hydrogen) atoms. The van der Waals surface area contributed by atoms with Gasteiger partial charge in [-0.3, -0.25) is 5.32 Å².